The maximum absolute atomic E-state index is 9.95. The van der Waals surface area contributed by atoms with Crippen LogP contribution in [0.15, 0.2) is 24.3 Å². The number of ether oxygens (including phenoxy) is 3. The summed E-state index contributed by atoms with van der Waals surface area (Å²) in [6, 6.07) is 7.32. The third-order valence-electron chi connectivity index (χ3n) is 3.58. The number of phenolic OH excluding ortho intramolecular Hbond substituents is 1. The molecule has 0 fully saturated rings. The molecule has 0 saturated heterocycles. The van der Waals surface area contributed by atoms with Gasteiger partial charge in [0.1, 0.15) is 0 Å². The fourth-order valence-electron chi connectivity index (χ4n) is 2.38. The Morgan fingerprint density at radius 3 is 2.26 bits per heavy atom. The first-order valence-corrected chi connectivity index (χ1v) is 7.08. The van der Waals surface area contributed by atoms with Crippen molar-refractivity contribution in [3.8, 4) is 23.0 Å². The second-order valence-electron chi connectivity index (χ2n) is 5.03. The molecule has 5 nitrogen and oxygen atoms in total. The minimum atomic E-state index is -0.0573. The number of nitrogens with two attached hydrogens (primary N) is 1. The lowest BCUT2D eigenvalue weighted by Gasteiger charge is -2.11. The largest absolute Gasteiger partial charge is 0.503 e. The van der Waals surface area contributed by atoms with Crippen LogP contribution in [0.2, 0.25) is 0 Å². The predicted molar refractivity (Wildman–Crippen MR) is 92.3 cm³/mol. The van der Waals surface area contributed by atoms with Crippen LogP contribution in [0.4, 0.5) is 5.69 Å². The number of nitrogen functional groups attached to an aromatic ring is 1. The minimum absolute atomic E-state index is 0.0573. The molecule has 0 bridgehead atoms. The first-order chi connectivity index (χ1) is 11.0. The maximum atomic E-state index is 9.95. The van der Waals surface area contributed by atoms with Gasteiger partial charge in [0.05, 0.1) is 27.0 Å². The molecule has 0 saturated carbocycles. The van der Waals surface area contributed by atoms with Gasteiger partial charge in [0.2, 0.25) is 0 Å². The third kappa shape index (κ3) is 3.34. The predicted octanol–water partition coefficient (Wildman–Crippen LogP) is 3.48. The van der Waals surface area contributed by atoms with Crippen molar-refractivity contribution in [2.24, 2.45) is 0 Å². The summed E-state index contributed by atoms with van der Waals surface area (Å²) in [6.45, 7) is 1.95. The number of aromatic hydroxyl groups is 1. The zero-order valence-corrected chi connectivity index (χ0v) is 13.7. The maximum Gasteiger partial charge on any atom is 0.181 e. The fraction of sp³-hybridized carbons (Fsp3) is 0.222. The first-order valence-electron chi connectivity index (χ1n) is 7.08. The fourth-order valence-corrected chi connectivity index (χ4v) is 2.38. The van der Waals surface area contributed by atoms with E-state index in [1.165, 1.54) is 7.11 Å². The average molecular weight is 315 g/mol. The number of hydrogen-bond donors (Lipinski definition) is 2. The summed E-state index contributed by atoms with van der Waals surface area (Å²) < 4.78 is 15.7. The number of benzene rings is 2. The normalized spacial score (nSPS) is 10.8. The molecular formula is C18H21NO4. The minimum Gasteiger partial charge on any atom is -0.503 e. The number of phenols is 1. The molecule has 23 heavy (non-hydrogen) atoms. The standard InChI is InChI=1S/C18H21NO4/c1-11-9-12(10-15(22-3)18(11)23-4)5-6-13-7-8-14(21-2)17(20)16(13)19/h5-10,20H,19H2,1-4H3/b6-5-. The molecule has 2 aromatic carbocycles. The van der Waals surface area contributed by atoms with Gasteiger partial charge in [-0.3, -0.25) is 0 Å². The van der Waals surface area contributed by atoms with Crippen LogP contribution in [-0.4, -0.2) is 26.4 Å². The topological polar surface area (TPSA) is 73.9 Å². The van der Waals surface area contributed by atoms with Crippen LogP contribution in [0.25, 0.3) is 12.2 Å². The lowest BCUT2D eigenvalue weighted by molar-refractivity contribution is 0.353. The Labute approximate surface area is 135 Å². The van der Waals surface area contributed by atoms with Gasteiger partial charge in [-0.2, -0.15) is 0 Å². The molecule has 2 rings (SSSR count). The summed E-state index contributed by atoms with van der Waals surface area (Å²) in [5.74, 6) is 1.67. The molecule has 0 aliphatic rings. The lowest BCUT2D eigenvalue weighted by atomic mass is 10.1. The second kappa shape index (κ2) is 6.96. The van der Waals surface area contributed by atoms with E-state index in [0.29, 0.717) is 22.8 Å². The second-order valence-corrected chi connectivity index (χ2v) is 5.03. The molecule has 122 valence electrons. The van der Waals surface area contributed by atoms with Crippen LogP contribution in [0.3, 0.4) is 0 Å². The van der Waals surface area contributed by atoms with Crippen LogP contribution in [0.5, 0.6) is 23.0 Å². The number of rotatable bonds is 5. The molecule has 0 aliphatic carbocycles. The molecule has 0 aliphatic heterocycles. The highest BCUT2D eigenvalue weighted by atomic mass is 16.5. The number of methoxy groups -OCH3 is 3. The monoisotopic (exact) mass is 315 g/mol. The number of anilines is 1. The summed E-state index contributed by atoms with van der Waals surface area (Å²) >= 11 is 0. The van der Waals surface area contributed by atoms with Crippen molar-refractivity contribution in [2.75, 3.05) is 27.1 Å². The van der Waals surface area contributed by atoms with Gasteiger partial charge in [-0.15, -0.1) is 0 Å². The van der Waals surface area contributed by atoms with Gasteiger partial charge in [-0.1, -0.05) is 12.2 Å². The van der Waals surface area contributed by atoms with Gasteiger partial charge >= 0.3 is 0 Å². The van der Waals surface area contributed by atoms with Crippen LogP contribution >= 0.6 is 0 Å². The third-order valence-corrected chi connectivity index (χ3v) is 3.58. The quantitative estimate of drug-likeness (QED) is 0.502. The summed E-state index contributed by atoms with van der Waals surface area (Å²) in [4.78, 5) is 0. The van der Waals surface area contributed by atoms with E-state index in [1.54, 1.807) is 26.4 Å². The van der Waals surface area contributed by atoms with E-state index in [4.69, 9.17) is 19.9 Å². The van der Waals surface area contributed by atoms with Crippen LogP contribution < -0.4 is 19.9 Å². The highest BCUT2D eigenvalue weighted by Gasteiger charge is 2.10. The Morgan fingerprint density at radius 2 is 1.65 bits per heavy atom. The van der Waals surface area contributed by atoms with Gasteiger partial charge in [-0.05, 0) is 42.3 Å². The van der Waals surface area contributed by atoms with Crippen LogP contribution in [-0.2, 0) is 0 Å². The Kier molecular flexibility index (Phi) is 5.01. The summed E-state index contributed by atoms with van der Waals surface area (Å²) in [7, 11) is 4.70. The molecule has 5 heteroatoms. The van der Waals surface area contributed by atoms with Gasteiger partial charge in [-0.25, -0.2) is 0 Å². The SMILES string of the molecule is COc1ccc(/C=C\c2cc(C)c(OC)c(OC)c2)c(N)c1O. The van der Waals surface area contributed by atoms with E-state index >= 15 is 0 Å². The van der Waals surface area contributed by atoms with Crippen molar-refractivity contribution >= 4 is 17.8 Å². The smallest absolute Gasteiger partial charge is 0.181 e. The first kappa shape index (κ1) is 16.5. The molecule has 0 amide bonds. The summed E-state index contributed by atoms with van der Waals surface area (Å²) in [5, 5.41) is 9.95. The van der Waals surface area contributed by atoms with Crippen molar-refractivity contribution in [3.63, 3.8) is 0 Å². The van der Waals surface area contributed by atoms with E-state index < -0.39 is 0 Å². The highest BCUT2D eigenvalue weighted by Crippen LogP contribution is 2.36. The molecule has 0 spiro atoms. The van der Waals surface area contributed by atoms with E-state index in [1.807, 2.05) is 31.2 Å². The molecule has 0 heterocycles. The Bertz CT molecular complexity index is 738. The van der Waals surface area contributed by atoms with E-state index in [2.05, 4.69) is 0 Å². The zero-order chi connectivity index (χ0) is 17.0. The van der Waals surface area contributed by atoms with Gasteiger partial charge in [0.25, 0.3) is 0 Å². The van der Waals surface area contributed by atoms with Gasteiger partial charge < -0.3 is 25.1 Å². The molecule has 0 aromatic heterocycles. The van der Waals surface area contributed by atoms with E-state index in [0.717, 1.165) is 11.1 Å². The molecule has 0 unspecified atom stereocenters. The Morgan fingerprint density at radius 1 is 0.957 bits per heavy atom. The van der Waals surface area contributed by atoms with E-state index in [-0.39, 0.29) is 11.4 Å². The van der Waals surface area contributed by atoms with Crippen molar-refractivity contribution in [3.05, 3.63) is 41.0 Å². The molecular weight excluding hydrogens is 294 g/mol. The van der Waals surface area contributed by atoms with Crippen molar-refractivity contribution in [1.29, 1.82) is 0 Å². The van der Waals surface area contributed by atoms with Crippen molar-refractivity contribution in [1.82, 2.24) is 0 Å². The van der Waals surface area contributed by atoms with Crippen LogP contribution in [0.1, 0.15) is 16.7 Å². The molecule has 0 atom stereocenters. The summed E-state index contributed by atoms with van der Waals surface area (Å²) in [5.41, 5.74) is 8.82. The number of hydrogen-bond acceptors (Lipinski definition) is 5. The molecule has 3 N–H and O–H groups in total. The molecule has 0 radical (unpaired) electrons. The highest BCUT2D eigenvalue weighted by molar-refractivity contribution is 5.80. The molecule has 2 aromatic rings. The lowest BCUT2D eigenvalue weighted by Crippen LogP contribution is -1.94. The van der Waals surface area contributed by atoms with Gasteiger partial charge in [0, 0.05) is 5.56 Å². The van der Waals surface area contributed by atoms with Gasteiger partial charge in [0.15, 0.2) is 23.0 Å². The average Bonchev–Trinajstić information content (AvgIpc) is 2.55. The number of aryl methyl sites for hydroxylation is 1. The Hall–Kier alpha value is -2.82. The van der Waals surface area contributed by atoms with Crippen molar-refractivity contribution < 1.29 is 19.3 Å². The Balaban J connectivity index is 2.38. The van der Waals surface area contributed by atoms with E-state index in [9.17, 15) is 5.11 Å². The summed E-state index contributed by atoms with van der Waals surface area (Å²) in [6.07, 6.45) is 3.72. The van der Waals surface area contributed by atoms with Crippen molar-refractivity contribution in [2.45, 2.75) is 6.92 Å². The zero-order valence-electron chi connectivity index (χ0n) is 13.7. The van der Waals surface area contributed by atoms with Crippen LogP contribution in [0, 0.1) is 6.92 Å².